The number of pyridine rings is 1. The number of carbonyl (C=O) groups is 1. The van der Waals surface area contributed by atoms with Gasteiger partial charge in [0.25, 0.3) is 0 Å². The van der Waals surface area contributed by atoms with Crippen LogP contribution in [0.5, 0.6) is 0 Å². The molecule has 4 heteroatoms. The van der Waals surface area contributed by atoms with E-state index < -0.39 is 0 Å². The molecule has 0 aliphatic rings. The molecule has 0 aliphatic carbocycles. The Hall–Kier alpha value is -1.94. The summed E-state index contributed by atoms with van der Waals surface area (Å²) in [5, 5.41) is 6.62. The Balaban J connectivity index is 2.38. The van der Waals surface area contributed by atoms with Gasteiger partial charge in [-0.1, -0.05) is 40.2 Å². The van der Waals surface area contributed by atoms with E-state index >= 15 is 0 Å². The first kappa shape index (κ1) is 13.1. The molecule has 0 bridgehead atoms. The van der Waals surface area contributed by atoms with E-state index in [9.17, 15) is 4.79 Å². The number of benzene rings is 2. The molecular formula is C16H14BrN2O+. The van der Waals surface area contributed by atoms with Crippen LogP contribution in [0.1, 0.15) is 0 Å². The van der Waals surface area contributed by atoms with Crippen molar-refractivity contribution in [1.29, 1.82) is 0 Å². The Morgan fingerprint density at radius 1 is 1.20 bits per heavy atom. The van der Waals surface area contributed by atoms with E-state index in [4.69, 9.17) is 0 Å². The molecule has 0 aliphatic heterocycles. The number of hydrogen-bond donors (Lipinski definition) is 1. The van der Waals surface area contributed by atoms with Gasteiger partial charge in [-0.25, -0.2) is 4.57 Å². The zero-order valence-electron chi connectivity index (χ0n) is 11.1. The number of hydrogen-bond acceptors (Lipinski definition) is 1. The Kier molecular flexibility index (Phi) is 3.40. The maximum atomic E-state index is 11.7. The number of amides is 1. The number of alkyl halides is 1. The van der Waals surface area contributed by atoms with Crippen LogP contribution in [0.4, 0.5) is 5.69 Å². The van der Waals surface area contributed by atoms with E-state index in [2.05, 4.69) is 50.2 Å². The standard InChI is InChI=1S/C16H13BrN2O/c1-19-10-11-5-2-3-6-12(11)16-13(18-15(20)9-17)7-4-8-14(16)19/h2-8,10H,9H2,1H3/p+1. The quantitative estimate of drug-likeness (QED) is 0.437. The molecule has 1 heterocycles. The van der Waals surface area contributed by atoms with Crippen molar-refractivity contribution >= 4 is 49.2 Å². The van der Waals surface area contributed by atoms with Crippen molar-refractivity contribution in [1.82, 2.24) is 0 Å². The van der Waals surface area contributed by atoms with Crippen molar-refractivity contribution < 1.29 is 9.36 Å². The first-order valence-electron chi connectivity index (χ1n) is 6.36. The highest BCUT2D eigenvalue weighted by Gasteiger charge is 2.14. The van der Waals surface area contributed by atoms with Gasteiger partial charge in [0, 0.05) is 16.8 Å². The fourth-order valence-electron chi connectivity index (χ4n) is 2.52. The van der Waals surface area contributed by atoms with Crippen molar-refractivity contribution in [2.24, 2.45) is 7.05 Å². The molecule has 0 radical (unpaired) electrons. The van der Waals surface area contributed by atoms with Crippen molar-refractivity contribution in [3.63, 3.8) is 0 Å². The molecule has 0 unspecified atom stereocenters. The first-order valence-corrected chi connectivity index (χ1v) is 7.49. The number of fused-ring (bicyclic) bond motifs is 3. The topological polar surface area (TPSA) is 33.0 Å². The summed E-state index contributed by atoms with van der Waals surface area (Å²) < 4.78 is 2.08. The first-order chi connectivity index (χ1) is 9.70. The minimum absolute atomic E-state index is 0.0481. The normalized spacial score (nSPS) is 10.9. The van der Waals surface area contributed by atoms with Crippen LogP contribution >= 0.6 is 15.9 Å². The van der Waals surface area contributed by atoms with Gasteiger partial charge in [-0.15, -0.1) is 0 Å². The molecule has 3 rings (SSSR count). The van der Waals surface area contributed by atoms with Crippen LogP contribution < -0.4 is 9.88 Å². The number of anilines is 1. The van der Waals surface area contributed by atoms with Crippen LogP contribution in [0.25, 0.3) is 21.7 Å². The fourth-order valence-corrected chi connectivity index (χ4v) is 2.66. The summed E-state index contributed by atoms with van der Waals surface area (Å²) in [6.07, 6.45) is 2.10. The number of nitrogens with zero attached hydrogens (tertiary/aromatic N) is 1. The van der Waals surface area contributed by atoms with Crippen molar-refractivity contribution in [2.75, 3.05) is 10.6 Å². The molecule has 0 atom stereocenters. The zero-order chi connectivity index (χ0) is 14.1. The minimum Gasteiger partial charge on any atom is -0.325 e. The van der Waals surface area contributed by atoms with Gasteiger partial charge in [0.05, 0.1) is 16.4 Å². The number of aryl methyl sites for hydroxylation is 1. The molecule has 1 amide bonds. The number of halogens is 1. The Morgan fingerprint density at radius 3 is 2.80 bits per heavy atom. The molecule has 1 aromatic heterocycles. The number of aromatic nitrogens is 1. The highest BCUT2D eigenvalue weighted by molar-refractivity contribution is 9.09. The molecule has 100 valence electrons. The van der Waals surface area contributed by atoms with Gasteiger partial charge < -0.3 is 5.32 Å². The smallest absolute Gasteiger partial charge is 0.235 e. The Morgan fingerprint density at radius 2 is 2.00 bits per heavy atom. The third kappa shape index (κ3) is 2.16. The van der Waals surface area contributed by atoms with Gasteiger partial charge >= 0.3 is 0 Å². The average molecular weight is 330 g/mol. The third-order valence-corrected chi connectivity index (χ3v) is 3.89. The van der Waals surface area contributed by atoms with Crippen LogP contribution in [0.2, 0.25) is 0 Å². The van der Waals surface area contributed by atoms with Gasteiger partial charge in [0.1, 0.15) is 7.05 Å². The summed E-state index contributed by atoms with van der Waals surface area (Å²) in [6.45, 7) is 0. The maximum Gasteiger partial charge on any atom is 0.235 e. The molecule has 1 N–H and O–H groups in total. The van der Waals surface area contributed by atoms with Crippen LogP contribution in [0.3, 0.4) is 0 Å². The molecule has 3 nitrogen and oxygen atoms in total. The summed E-state index contributed by atoms with van der Waals surface area (Å²) in [7, 11) is 2.02. The monoisotopic (exact) mass is 329 g/mol. The number of carbonyl (C=O) groups excluding carboxylic acids is 1. The highest BCUT2D eigenvalue weighted by atomic mass is 79.9. The predicted octanol–water partition coefficient (Wildman–Crippen LogP) is 3.15. The van der Waals surface area contributed by atoms with Crippen molar-refractivity contribution in [2.45, 2.75) is 0 Å². The molecule has 2 aromatic carbocycles. The third-order valence-electron chi connectivity index (χ3n) is 3.38. The predicted molar refractivity (Wildman–Crippen MR) is 85.1 cm³/mol. The lowest BCUT2D eigenvalue weighted by Crippen LogP contribution is -2.28. The van der Waals surface area contributed by atoms with Gasteiger partial charge in [-0.3, -0.25) is 4.79 Å². The van der Waals surface area contributed by atoms with Crippen molar-refractivity contribution in [3.05, 3.63) is 48.7 Å². The molecule has 0 spiro atoms. The molecular weight excluding hydrogens is 316 g/mol. The van der Waals surface area contributed by atoms with Crippen LogP contribution in [0.15, 0.2) is 48.7 Å². The SMILES string of the molecule is C[n+]1cc2ccccc2c2c(NC(=O)CBr)cccc21. The fraction of sp³-hybridized carbons (Fsp3) is 0.125. The van der Waals surface area contributed by atoms with Gasteiger partial charge in [0.15, 0.2) is 6.20 Å². The van der Waals surface area contributed by atoms with E-state index in [1.807, 2.05) is 31.3 Å². The van der Waals surface area contributed by atoms with E-state index in [0.717, 1.165) is 27.4 Å². The Labute approximate surface area is 125 Å². The number of rotatable bonds is 2. The lowest BCUT2D eigenvalue weighted by molar-refractivity contribution is -0.643. The molecule has 0 fully saturated rings. The summed E-state index contributed by atoms with van der Waals surface area (Å²) in [5.74, 6) is -0.0481. The van der Waals surface area contributed by atoms with Gasteiger partial charge in [-0.2, -0.15) is 0 Å². The lowest BCUT2D eigenvalue weighted by Gasteiger charge is -2.09. The average Bonchev–Trinajstić information content (AvgIpc) is 2.47. The highest BCUT2D eigenvalue weighted by Crippen LogP contribution is 2.28. The summed E-state index contributed by atoms with van der Waals surface area (Å²) in [6, 6.07) is 14.2. The number of nitrogens with one attached hydrogen (secondary N) is 1. The molecule has 0 saturated heterocycles. The van der Waals surface area contributed by atoms with E-state index in [1.54, 1.807) is 0 Å². The zero-order valence-corrected chi connectivity index (χ0v) is 12.6. The van der Waals surface area contributed by atoms with Crippen LogP contribution in [-0.4, -0.2) is 11.2 Å². The van der Waals surface area contributed by atoms with Gasteiger partial charge in [-0.05, 0) is 12.1 Å². The summed E-state index contributed by atoms with van der Waals surface area (Å²) in [4.78, 5) is 11.7. The van der Waals surface area contributed by atoms with E-state index in [1.165, 1.54) is 0 Å². The van der Waals surface area contributed by atoms with E-state index in [0.29, 0.717) is 5.33 Å². The minimum atomic E-state index is -0.0481. The second-order valence-electron chi connectivity index (χ2n) is 4.71. The second kappa shape index (κ2) is 5.21. The second-order valence-corrected chi connectivity index (χ2v) is 5.27. The molecule has 3 aromatic rings. The Bertz CT molecular complexity index is 814. The summed E-state index contributed by atoms with van der Waals surface area (Å²) >= 11 is 3.18. The maximum absolute atomic E-state index is 11.7. The van der Waals surface area contributed by atoms with Crippen LogP contribution in [0, 0.1) is 0 Å². The summed E-state index contributed by atoms with van der Waals surface area (Å²) in [5.41, 5.74) is 1.94. The molecule has 0 saturated carbocycles. The van der Waals surface area contributed by atoms with Crippen LogP contribution in [-0.2, 0) is 11.8 Å². The lowest BCUT2D eigenvalue weighted by atomic mass is 10.0. The van der Waals surface area contributed by atoms with Crippen molar-refractivity contribution in [3.8, 4) is 0 Å². The van der Waals surface area contributed by atoms with E-state index in [-0.39, 0.29) is 5.91 Å². The molecule has 20 heavy (non-hydrogen) atoms. The largest absolute Gasteiger partial charge is 0.325 e. The van der Waals surface area contributed by atoms with Gasteiger partial charge in [0.2, 0.25) is 11.4 Å².